The van der Waals surface area contributed by atoms with Gasteiger partial charge in [-0.3, -0.25) is 33.8 Å². The molecule has 2 atom stereocenters. The van der Waals surface area contributed by atoms with Crippen LogP contribution in [0.3, 0.4) is 0 Å². The number of nitrogens with zero attached hydrogens (tertiary/aromatic N) is 1. The molecular weight excluding hydrogens is 785 g/mol. The smallest absolute Gasteiger partial charge is 0.404 e. The fourth-order valence-corrected chi connectivity index (χ4v) is 6.77. The molecule has 0 radical (unpaired) electrons. The van der Waals surface area contributed by atoms with Crippen molar-refractivity contribution in [3.05, 3.63) is 160 Å². The number of primary amides is 1. The molecule has 15 heteroatoms. The Labute approximate surface area is 347 Å². The van der Waals surface area contributed by atoms with Crippen molar-refractivity contribution < 1.29 is 42.8 Å². The van der Waals surface area contributed by atoms with E-state index in [1.165, 1.54) is 48.5 Å². The van der Waals surface area contributed by atoms with E-state index in [2.05, 4.69) is 20.5 Å². The molecule has 0 heterocycles. The first-order valence-electron chi connectivity index (χ1n) is 18.9. The molecule has 0 aliphatic rings. The standard InChI is InChI=1S/C45H44N5O9P/c1-28(2)22-39(49-45(55)40(50-43(53)35-13-8-30(26-46)9-14-35)24-29-10-19-36(20-11-29)59-60(56,57)58)41(51)25-32-12-21-37(44(54)48-27-31-6-4-3-5-7-31)38(23-32)33-15-17-34(18-16-33)42(47)52/h3-21,23,28,39-40H,22,24-25,27H2,1-2H3,(H2,47,52)(H,48,54)(H,49,55)(H,50,53)(H2,56,57,58)/t39-,40?/m0/s1. The normalized spacial score (nSPS) is 12.1. The molecule has 308 valence electrons. The second kappa shape index (κ2) is 20.2. The average molecular weight is 830 g/mol. The van der Waals surface area contributed by atoms with Gasteiger partial charge >= 0.3 is 7.82 Å². The number of carbonyl (C=O) groups excluding carboxylic acids is 5. The predicted molar refractivity (Wildman–Crippen MR) is 223 cm³/mol. The molecule has 14 nitrogen and oxygen atoms in total. The summed E-state index contributed by atoms with van der Waals surface area (Å²) >= 11 is 0. The van der Waals surface area contributed by atoms with E-state index < -0.39 is 37.6 Å². The summed E-state index contributed by atoms with van der Waals surface area (Å²) in [5.74, 6) is -2.71. The van der Waals surface area contributed by atoms with Gasteiger partial charge in [-0.25, -0.2) is 4.57 Å². The monoisotopic (exact) mass is 829 g/mol. The predicted octanol–water partition coefficient (Wildman–Crippen LogP) is 5.41. The van der Waals surface area contributed by atoms with Crippen molar-refractivity contribution in [2.45, 2.75) is 51.7 Å². The Kier molecular flexibility index (Phi) is 14.9. The van der Waals surface area contributed by atoms with Gasteiger partial charge in [-0.1, -0.05) is 74.5 Å². The SMILES string of the molecule is CC(C)C[C@H](NC(=O)C(Cc1ccc(OP(=O)(O)O)cc1)NC(=O)c1ccc(C#N)cc1)C(=O)Cc1ccc(C(=O)NCc2ccccc2)c(-c2ccc(C(N)=O)cc2)c1. The molecule has 0 aromatic heterocycles. The van der Waals surface area contributed by atoms with Crippen LogP contribution in [-0.2, 0) is 33.5 Å². The molecule has 60 heavy (non-hydrogen) atoms. The second-order valence-corrected chi connectivity index (χ2v) is 15.6. The number of benzene rings is 5. The summed E-state index contributed by atoms with van der Waals surface area (Å²) in [6.45, 7) is 4.07. The largest absolute Gasteiger partial charge is 0.524 e. The summed E-state index contributed by atoms with van der Waals surface area (Å²) in [6.07, 6.45) is 0.0638. The Bertz CT molecular complexity index is 2430. The summed E-state index contributed by atoms with van der Waals surface area (Å²) in [5.41, 5.74) is 9.68. The van der Waals surface area contributed by atoms with Crippen LogP contribution in [0.4, 0.5) is 0 Å². The fraction of sp³-hybridized carbons (Fsp3) is 0.200. The second-order valence-electron chi connectivity index (χ2n) is 14.5. The lowest BCUT2D eigenvalue weighted by molar-refractivity contribution is -0.129. The number of amides is 4. The van der Waals surface area contributed by atoms with E-state index in [0.717, 1.165) is 5.56 Å². The summed E-state index contributed by atoms with van der Waals surface area (Å²) in [7, 11) is -4.82. The number of ketones is 1. The van der Waals surface area contributed by atoms with Crippen molar-refractivity contribution in [3.8, 4) is 22.9 Å². The molecule has 5 aromatic rings. The summed E-state index contributed by atoms with van der Waals surface area (Å²) in [5, 5.41) is 17.7. The molecule has 0 saturated heterocycles. The van der Waals surface area contributed by atoms with Gasteiger partial charge in [-0.15, -0.1) is 0 Å². The molecule has 0 fully saturated rings. The highest BCUT2D eigenvalue weighted by Crippen LogP contribution is 2.37. The maximum Gasteiger partial charge on any atom is 0.524 e. The first-order valence-corrected chi connectivity index (χ1v) is 20.4. The average Bonchev–Trinajstić information content (AvgIpc) is 3.22. The number of nitriles is 1. The maximum absolute atomic E-state index is 14.1. The van der Waals surface area contributed by atoms with Crippen molar-refractivity contribution in [3.63, 3.8) is 0 Å². The quantitative estimate of drug-likeness (QED) is 0.0614. The first-order chi connectivity index (χ1) is 28.6. The van der Waals surface area contributed by atoms with Crippen molar-refractivity contribution in [1.29, 1.82) is 5.26 Å². The molecule has 5 rings (SSSR count). The Balaban J connectivity index is 1.40. The number of Topliss-reactive ketones (excluding diaryl/α,β-unsaturated/α-hetero) is 1. The van der Waals surface area contributed by atoms with Crippen molar-refractivity contribution in [1.82, 2.24) is 16.0 Å². The number of hydrogen-bond acceptors (Lipinski definition) is 8. The van der Waals surface area contributed by atoms with E-state index >= 15 is 0 Å². The number of nitrogens with two attached hydrogens (primary N) is 1. The minimum Gasteiger partial charge on any atom is -0.404 e. The topological polar surface area (TPSA) is 238 Å². The van der Waals surface area contributed by atoms with Crippen LogP contribution in [0.15, 0.2) is 121 Å². The van der Waals surface area contributed by atoms with Gasteiger partial charge in [0, 0.05) is 36.1 Å². The first kappa shape index (κ1) is 44.2. The lowest BCUT2D eigenvalue weighted by Crippen LogP contribution is -2.53. The minimum atomic E-state index is -4.82. The van der Waals surface area contributed by atoms with E-state index in [0.29, 0.717) is 33.4 Å². The highest BCUT2D eigenvalue weighted by molar-refractivity contribution is 7.46. The van der Waals surface area contributed by atoms with Crippen molar-refractivity contribution >= 4 is 37.2 Å². The molecule has 1 unspecified atom stereocenters. The third kappa shape index (κ3) is 12.8. The molecular formula is C45H44N5O9P. The third-order valence-electron chi connectivity index (χ3n) is 9.38. The number of phosphoric ester groups is 1. The van der Waals surface area contributed by atoms with Gasteiger partial charge in [0.2, 0.25) is 11.8 Å². The molecule has 0 aliphatic heterocycles. The Morgan fingerprint density at radius 2 is 1.38 bits per heavy atom. The molecule has 0 saturated carbocycles. The number of nitrogens with one attached hydrogen (secondary N) is 3. The van der Waals surface area contributed by atoms with Crippen LogP contribution in [-0.4, -0.2) is 51.3 Å². The molecule has 0 bridgehead atoms. The maximum atomic E-state index is 14.1. The van der Waals surface area contributed by atoms with E-state index in [9.17, 15) is 43.6 Å². The van der Waals surface area contributed by atoms with Gasteiger partial charge in [0.25, 0.3) is 11.8 Å². The summed E-state index contributed by atoms with van der Waals surface area (Å²) < 4.78 is 15.9. The summed E-state index contributed by atoms with van der Waals surface area (Å²) in [6, 6.07) is 32.1. The van der Waals surface area contributed by atoms with Crippen LogP contribution in [0.5, 0.6) is 5.75 Å². The van der Waals surface area contributed by atoms with Crippen LogP contribution in [0, 0.1) is 17.2 Å². The Morgan fingerprint density at radius 3 is 1.98 bits per heavy atom. The molecule has 0 aliphatic carbocycles. The number of carbonyl (C=O) groups is 5. The van der Waals surface area contributed by atoms with Gasteiger partial charge in [0.1, 0.15) is 11.8 Å². The molecule has 4 amide bonds. The van der Waals surface area contributed by atoms with Gasteiger partial charge < -0.3 is 26.2 Å². The Morgan fingerprint density at radius 1 is 0.750 bits per heavy atom. The Hall–Kier alpha value is -6.91. The molecule has 5 aromatic carbocycles. The van der Waals surface area contributed by atoms with E-state index in [4.69, 9.17) is 5.73 Å². The van der Waals surface area contributed by atoms with Crippen LogP contribution < -0.4 is 26.2 Å². The van der Waals surface area contributed by atoms with Gasteiger partial charge in [0.05, 0.1) is 17.7 Å². The fourth-order valence-electron chi connectivity index (χ4n) is 6.37. The van der Waals surface area contributed by atoms with Crippen molar-refractivity contribution in [2.24, 2.45) is 11.7 Å². The van der Waals surface area contributed by atoms with Gasteiger partial charge in [-0.2, -0.15) is 5.26 Å². The van der Waals surface area contributed by atoms with E-state index in [-0.39, 0.29) is 60.3 Å². The zero-order valence-electron chi connectivity index (χ0n) is 32.8. The van der Waals surface area contributed by atoms with Crippen LogP contribution >= 0.6 is 7.82 Å². The summed E-state index contributed by atoms with van der Waals surface area (Å²) in [4.78, 5) is 85.3. The number of hydrogen-bond donors (Lipinski definition) is 6. The zero-order valence-corrected chi connectivity index (χ0v) is 33.7. The lowest BCUT2D eigenvalue weighted by Gasteiger charge is -2.24. The van der Waals surface area contributed by atoms with Gasteiger partial charge in [-0.05, 0) is 101 Å². The third-order valence-corrected chi connectivity index (χ3v) is 9.83. The van der Waals surface area contributed by atoms with Crippen LogP contribution in [0.25, 0.3) is 11.1 Å². The van der Waals surface area contributed by atoms with Crippen LogP contribution in [0.1, 0.15) is 73.6 Å². The van der Waals surface area contributed by atoms with E-state index in [1.807, 2.05) is 50.2 Å². The lowest BCUT2D eigenvalue weighted by atomic mass is 9.91. The highest BCUT2D eigenvalue weighted by atomic mass is 31.2. The molecule has 0 spiro atoms. The van der Waals surface area contributed by atoms with Crippen molar-refractivity contribution in [2.75, 3.05) is 0 Å². The van der Waals surface area contributed by atoms with Crippen LogP contribution in [0.2, 0.25) is 0 Å². The number of rotatable bonds is 18. The highest BCUT2D eigenvalue weighted by Gasteiger charge is 2.29. The molecule has 7 N–H and O–H groups in total. The minimum absolute atomic E-state index is 0.0393. The zero-order chi connectivity index (χ0) is 43.4. The number of phosphoric acid groups is 1. The van der Waals surface area contributed by atoms with E-state index in [1.54, 1.807) is 42.5 Å². The van der Waals surface area contributed by atoms with Gasteiger partial charge in [0.15, 0.2) is 5.78 Å².